The van der Waals surface area contributed by atoms with Crippen LogP contribution in [0.4, 0.5) is 0 Å². The van der Waals surface area contributed by atoms with Crippen LogP contribution in [0, 0.1) is 25.7 Å². The highest BCUT2D eigenvalue weighted by molar-refractivity contribution is 5.79. The minimum Gasteiger partial charge on any atom is -0.465 e. The van der Waals surface area contributed by atoms with Crippen molar-refractivity contribution in [3.8, 4) is 22.6 Å². The number of pyridine rings is 1. The number of carbonyl (C=O) groups excluding carboxylic acids is 1. The van der Waals surface area contributed by atoms with Crippen molar-refractivity contribution in [3.63, 3.8) is 0 Å². The standard InChI is InChI=1S/C34H37N3O2/c1-4-26(27-16-13-25(14-17-27)9-5-6-10-28-18-19-39-34(28)38)20-30-21-29(15-12-23(30)2)32-33(36-22-35-32)31-11-7-8-24(3)37-31/h4-8,11-12,15-16,20-22,25,28H,1,9-10,13-14,17-19H2,2-3H3,(H,35,36)/b6-5+,26-20+. The van der Waals surface area contributed by atoms with E-state index in [-0.39, 0.29) is 11.9 Å². The molecule has 0 radical (unpaired) electrons. The number of aryl methyl sites for hydroxylation is 2. The molecule has 0 saturated carbocycles. The lowest BCUT2D eigenvalue weighted by Crippen LogP contribution is -2.07. The number of hydrogen-bond acceptors (Lipinski definition) is 4. The van der Waals surface area contributed by atoms with Gasteiger partial charge in [0.2, 0.25) is 0 Å². The molecule has 1 N–H and O–H groups in total. The number of rotatable bonds is 9. The highest BCUT2D eigenvalue weighted by atomic mass is 16.5. The van der Waals surface area contributed by atoms with Gasteiger partial charge < -0.3 is 9.72 Å². The Balaban J connectivity index is 1.29. The van der Waals surface area contributed by atoms with Crippen LogP contribution >= 0.6 is 0 Å². The van der Waals surface area contributed by atoms with Gasteiger partial charge >= 0.3 is 5.97 Å². The third-order valence-electron chi connectivity index (χ3n) is 7.86. The SMILES string of the molecule is C=C/C(=C\c1cc(-c2nc[nH]c2-c2cccc(C)n2)ccc1C)C1=CCC(C/C=C/CC2CCOC2=O)CC1. The third-order valence-corrected chi connectivity index (χ3v) is 7.86. The van der Waals surface area contributed by atoms with Crippen LogP contribution in [0.1, 0.15) is 55.3 Å². The van der Waals surface area contributed by atoms with E-state index in [4.69, 9.17) is 4.74 Å². The van der Waals surface area contributed by atoms with Crippen LogP contribution in [0.2, 0.25) is 0 Å². The molecule has 2 unspecified atom stereocenters. The maximum Gasteiger partial charge on any atom is 0.309 e. The summed E-state index contributed by atoms with van der Waals surface area (Å²) in [7, 11) is 0. The molecule has 3 aromatic rings. The summed E-state index contributed by atoms with van der Waals surface area (Å²) in [5.41, 5.74) is 9.71. The Bertz CT molecular complexity index is 1440. The van der Waals surface area contributed by atoms with E-state index in [1.54, 1.807) is 6.33 Å². The summed E-state index contributed by atoms with van der Waals surface area (Å²) in [5.74, 6) is 0.660. The third kappa shape index (κ3) is 6.36. The molecule has 3 heterocycles. The van der Waals surface area contributed by atoms with Gasteiger partial charge in [-0.2, -0.15) is 0 Å². The molecule has 2 aromatic heterocycles. The first-order valence-corrected chi connectivity index (χ1v) is 14.0. The van der Waals surface area contributed by atoms with E-state index >= 15 is 0 Å². The van der Waals surface area contributed by atoms with Crippen LogP contribution in [0.15, 0.2) is 84.8 Å². The average Bonchev–Trinajstić information content (AvgIpc) is 3.60. The molecule has 0 spiro atoms. The van der Waals surface area contributed by atoms with E-state index in [0.717, 1.165) is 66.9 Å². The van der Waals surface area contributed by atoms with Gasteiger partial charge in [0.25, 0.3) is 0 Å². The van der Waals surface area contributed by atoms with Crippen LogP contribution in [-0.2, 0) is 9.53 Å². The van der Waals surface area contributed by atoms with Gasteiger partial charge in [-0.25, -0.2) is 4.98 Å². The smallest absolute Gasteiger partial charge is 0.309 e. The largest absolute Gasteiger partial charge is 0.465 e. The highest BCUT2D eigenvalue weighted by Gasteiger charge is 2.25. The number of hydrogen-bond donors (Lipinski definition) is 1. The van der Waals surface area contributed by atoms with Gasteiger partial charge in [-0.1, -0.05) is 49.1 Å². The first-order chi connectivity index (χ1) is 19.0. The van der Waals surface area contributed by atoms with Gasteiger partial charge in [0.05, 0.1) is 35.9 Å². The number of benzene rings is 1. The quantitative estimate of drug-likeness (QED) is 0.177. The van der Waals surface area contributed by atoms with Gasteiger partial charge in [0.1, 0.15) is 0 Å². The second-order valence-electron chi connectivity index (χ2n) is 10.6. The number of nitrogens with one attached hydrogen (secondary N) is 1. The van der Waals surface area contributed by atoms with E-state index in [2.05, 4.69) is 71.0 Å². The van der Waals surface area contributed by atoms with Gasteiger partial charge in [-0.15, -0.1) is 0 Å². The van der Waals surface area contributed by atoms with E-state index in [1.165, 1.54) is 22.3 Å². The summed E-state index contributed by atoms with van der Waals surface area (Å²) in [6, 6.07) is 12.5. The predicted octanol–water partition coefficient (Wildman–Crippen LogP) is 7.95. The fourth-order valence-corrected chi connectivity index (χ4v) is 5.45. The molecule has 5 heteroatoms. The lowest BCUT2D eigenvalue weighted by molar-refractivity contribution is -0.141. The van der Waals surface area contributed by atoms with Crippen LogP contribution < -0.4 is 0 Å². The highest BCUT2D eigenvalue weighted by Crippen LogP contribution is 2.34. The van der Waals surface area contributed by atoms with Crippen LogP contribution in [-0.4, -0.2) is 27.5 Å². The molecule has 0 amide bonds. The fourth-order valence-electron chi connectivity index (χ4n) is 5.45. The summed E-state index contributed by atoms with van der Waals surface area (Å²) in [4.78, 5) is 24.2. The van der Waals surface area contributed by atoms with Crippen molar-refractivity contribution in [2.24, 2.45) is 11.8 Å². The second-order valence-corrected chi connectivity index (χ2v) is 10.6. The van der Waals surface area contributed by atoms with Crippen molar-refractivity contribution in [3.05, 3.63) is 102 Å². The first kappa shape index (κ1) is 26.6. The molecule has 1 saturated heterocycles. The Kier molecular flexibility index (Phi) is 8.36. The molecule has 200 valence electrons. The van der Waals surface area contributed by atoms with Gasteiger partial charge in [0.15, 0.2) is 0 Å². The van der Waals surface area contributed by atoms with E-state index in [1.807, 2.05) is 31.2 Å². The maximum absolute atomic E-state index is 11.6. The van der Waals surface area contributed by atoms with E-state index in [0.29, 0.717) is 12.5 Å². The van der Waals surface area contributed by atoms with Gasteiger partial charge in [-0.3, -0.25) is 9.78 Å². The number of imidazole rings is 1. The zero-order chi connectivity index (χ0) is 27.2. The summed E-state index contributed by atoms with van der Waals surface area (Å²) < 4.78 is 5.06. The van der Waals surface area contributed by atoms with Crippen molar-refractivity contribution >= 4 is 12.0 Å². The number of esters is 1. The summed E-state index contributed by atoms with van der Waals surface area (Å²) in [6.45, 7) is 8.86. The van der Waals surface area contributed by atoms with E-state index < -0.39 is 0 Å². The predicted molar refractivity (Wildman–Crippen MR) is 158 cm³/mol. The van der Waals surface area contributed by atoms with Gasteiger partial charge in [-0.05, 0) is 105 Å². The topological polar surface area (TPSA) is 67.9 Å². The zero-order valence-electron chi connectivity index (χ0n) is 23.0. The van der Waals surface area contributed by atoms with E-state index in [9.17, 15) is 4.79 Å². The number of nitrogens with zero attached hydrogens (tertiary/aromatic N) is 2. The number of ether oxygens (including phenoxy) is 1. The Morgan fingerprint density at radius 3 is 2.77 bits per heavy atom. The summed E-state index contributed by atoms with van der Waals surface area (Å²) in [5, 5.41) is 0. The number of carbonyl (C=O) groups is 1. The van der Waals surface area contributed by atoms with Crippen molar-refractivity contribution < 1.29 is 9.53 Å². The minimum atomic E-state index is -0.0394. The van der Waals surface area contributed by atoms with Crippen molar-refractivity contribution in [2.75, 3.05) is 6.61 Å². The first-order valence-electron chi connectivity index (χ1n) is 14.0. The minimum absolute atomic E-state index is 0.0394. The molecule has 2 atom stereocenters. The monoisotopic (exact) mass is 519 g/mol. The number of allylic oxidation sites excluding steroid dienone is 6. The van der Waals surface area contributed by atoms with Crippen molar-refractivity contribution in [1.29, 1.82) is 0 Å². The fraction of sp³-hybridized carbons (Fsp3) is 0.324. The normalized spacial score (nSPS) is 19.8. The molecule has 0 bridgehead atoms. The summed E-state index contributed by atoms with van der Waals surface area (Å²) >= 11 is 0. The molecular formula is C34H37N3O2. The molecule has 5 rings (SSSR count). The van der Waals surface area contributed by atoms with Crippen molar-refractivity contribution in [1.82, 2.24) is 15.0 Å². The van der Waals surface area contributed by atoms with Crippen LogP contribution in [0.25, 0.3) is 28.7 Å². The number of aromatic nitrogens is 3. The molecule has 1 aliphatic carbocycles. The Morgan fingerprint density at radius 1 is 1.15 bits per heavy atom. The lowest BCUT2D eigenvalue weighted by Gasteiger charge is -2.22. The Labute approximate surface area is 231 Å². The lowest BCUT2D eigenvalue weighted by atomic mass is 9.84. The molecule has 1 aromatic carbocycles. The average molecular weight is 520 g/mol. The van der Waals surface area contributed by atoms with Crippen molar-refractivity contribution in [2.45, 2.75) is 52.4 Å². The van der Waals surface area contributed by atoms with Gasteiger partial charge in [0, 0.05) is 11.3 Å². The number of cyclic esters (lactones) is 1. The van der Waals surface area contributed by atoms with Crippen LogP contribution in [0.3, 0.4) is 0 Å². The molecule has 2 aliphatic rings. The molecule has 1 fully saturated rings. The molecule has 39 heavy (non-hydrogen) atoms. The number of H-pyrrole nitrogens is 1. The molecule has 5 nitrogen and oxygen atoms in total. The van der Waals surface area contributed by atoms with Crippen LogP contribution in [0.5, 0.6) is 0 Å². The maximum atomic E-state index is 11.6. The molecular weight excluding hydrogens is 482 g/mol. The zero-order valence-corrected chi connectivity index (χ0v) is 23.0. The summed E-state index contributed by atoms with van der Waals surface area (Å²) in [6.07, 6.45) is 18.8. The Morgan fingerprint density at radius 2 is 2.03 bits per heavy atom. The second kappa shape index (κ2) is 12.2. The molecule has 1 aliphatic heterocycles. The number of aromatic amines is 1. The Hall–Kier alpha value is -3.99.